The molecule has 1 aromatic carbocycles. The molecule has 19 heavy (non-hydrogen) atoms. The second kappa shape index (κ2) is 6.57. The molecular formula is C15H23N3O. The molecule has 1 aliphatic rings. The number of carbonyl (C=O) groups is 1. The second-order valence-corrected chi connectivity index (χ2v) is 5.29. The third-order valence-corrected chi connectivity index (χ3v) is 3.77. The Bertz CT molecular complexity index is 416. The lowest BCUT2D eigenvalue weighted by Gasteiger charge is -2.32. The molecule has 104 valence electrons. The Kier molecular flexibility index (Phi) is 4.80. The van der Waals surface area contributed by atoms with E-state index in [2.05, 4.69) is 10.6 Å². The van der Waals surface area contributed by atoms with Crippen LogP contribution in [0.15, 0.2) is 24.3 Å². The highest BCUT2D eigenvalue weighted by molar-refractivity contribution is 5.88. The van der Waals surface area contributed by atoms with E-state index in [0.29, 0.717) is 12.0 Å². The fourth-order valence-electron chi connectivity index (χ4n) is 2.75. The molecular weight excluding hydrogens is 238 g/mol. The number of benzene rings is 1. The first-order chi connectivity index (χ1) is 9.19. The van der Waals surface area contributed by atoms with Gasteiger partial charge in [0.2, 0.25) is 5.91 Å². The normalized spacial score (nSPS) is 22.8. The highest BCUT2D eigenvalue weighted by Crippen LogP contribution is 2.27. The summed E-state index contributed by atoms with van der Waals surface area (Å²) >= 11 is 0. The minimum Gasteiger partial charge on any atom is -0.382 e. The van der Waals surface area contributed by atoms with E-state index in [-0.39, 0.29) is 5.91 Å². The molecule has 1 fully saturated rings. The molecule has 2 atom stereocenters. The van der Waals surface area contributed by atoms with Gasteiger partial charge in [-0.05, 0) is 49.6 Å². The highest BCUT2D eigenvalue weighted by Gasteiger charge is 2.23. The summed E-state index contributed by atoms with van der Waals surface area (Å²) in [6, 6.07) is 8.33. The van der Waals surface area contributed by atoms with Gasteiger partial charge in [0.05, 0.1) is 0 Å². The zero-order valence-electron chi connectivity index (χ0n) is 11.5. The molecule has 1 aromatic rings. The zero-order valence-corrected chi connectivity index (χ0v) is 11.5. The number of rotatable bonds is 4. The molecule has 1 saturated carbocycles. The number of amides is 1. The molecule has 2 unspecified atom stereocenters. The van der Waals surface area contributed by atoms with Gasteiger partial charge in [-0.2, -0.15) is 0 Å². The summed E-state index contributed by atoms with van der Waals surface area (Å²) in [7, 11) is 0. The van der Waals surface area contributed by atoms with Crippen LogP contribution in [0.5, 0.6) is 0 Å². The number of nitrogens with two attached hydrogens (primary N) is 1. The van der Waals surface area contributed by atoms with Crippen LogP contribution >= 0.6 is 0 Å². The summed E-state index contributed by atoms with van der Waals surface area (Å²) in [5, 5.41) is 6.34. The lowest BCUT2D eigenvalue weighted by Crippen LogP contribution is -2.36. The summed E-state index contributed by atoms with van der Waals surface area (Å²) in [5.74, 6) is 0.528. The summed E-state index contributed by atoms with van der Waals surface area (Å²) < 4.78 is 0. The molecule has 1 aliphatic carbocycles. The molecule has 0 bridgehead atoms. The first-order valence-corrected chi connectivity index (χ1v) is 7.03. The summed E-state index contributed by atoms with van der Waals surface area (Å²) in [5.41, 5.74) is 7.77. The molecule has 0 radical (unpaired) electrons. The lowest BCUT2D eigenvalue weighted by atomic mass is 9.84. The van der Waals surface area contributed by atoms with Crippen molar-refractivity contribution in [1.82, 2.24) is 0 Å². The number of carbonyl (C=O) groups excluding carboxylic acids is 1. The highest BCUT2D eigenvalue weighted by atomic mass is 16.1. The van der Waals surface area contributed by atoms with E-state index in [4.69, 9.17) is 5.73 Å². The fraction of sp³-hybridized carbons (Fsp3) is 0.533. The number of hydrogen-bond acceptors (Lipinski definition) is 3. The Hall–Kier alpha value is -1.55. The van der Waals surface area contributed by atoms with Crippen LogP contribution < -0.4 is 16.4 Å². The quantitative estimate of drug-likeness (QED) is 0.780. The van der Waals surface area contributed by atoms with Crippen LogP contribution in [0.4, 0.5) is 11.4 Å². The van der Waals surface area contributed by atoms with Gasteiger partial charge in [-0.1, -0.05) is 12.8 Å². The monoisotopic (exact) mass is 261 g/mol. The molecule has 2 rings (SSSR count). The Balaban J connectivity index is 1.96. The maximum absolute atomic E-state index is 11.0. The van der Waals surface area contributed by atoms with Gasteiger partial charge in [-0.15, -0.1) is 0 Å². The van der Waals surface area contributed by atoms with Gasteiger partial charge in [0.15, 0.2) is 0 Å². The van der Waals surface area contributed by atoms with Crippen molar-refractivity contribution >= 4 is 17.3 Å². The molecule has 0 aliphatic heterocycles. The predicted molar refractivity (Wildman–Crippen MR) is 79.2 cm³/mol. The van der Waals surface area contributed by atoms with Gasteiger partial charge in [0, 0.05) is 24.3 Å². The molecule has 0 spiro atoms. The maximum atomic E-state index is 11.0. The smallest absolute Gasteiger partial charge is 0.221 e. The van der Waals surface area contributed by atoms with Gasteiger partial charge >= 0.3 is 0 Å². The van der Waals surface area contributed by atoms with Crippen LogP contribution in [0.25, 0.3) is 0 Å². The van der Waals surface area contributed by atoms with Crippen molar-refractivity contribution in [2.45, 2.75) is 38.6 Å². The number of hydrogen-bond donors (Lipinski definition) is 3. The van der Waals surface area contributed by atoms with Crippen molar-refractivity contribution in [3.8, 4) is 0 Å². The minimum atomic E-state index is -0.0452. The molecule has 0 aromatic heterocycles. The third kappa shape index (κ3) is 3.96. The number of anilines is 2. The van der Waals surface area contributed by atoms with Crippen molar-refractivity contribution in [3.05, 3.63) is 24.3 Å². The maximum Gasteiger partial charge on any atom is 0.221 e. The van der Waals surface area contributed by atoms with Gasteiger partial charge in [-0.25, -0.2) is 0 Å². The van der Waals surface area contributed by atoms with E-state index in [1.54, 1.807) is 0 Å². The molecule has 0 heterocycles. The van der Waals surface area contributed by atoms with E-state index in [1.165, 1.54) is 32.6 Å². The van der Waals surface area contributed by atoms with Gasteiger partial charge < -0.3 is 16.4 Å². The summed E-state index contributed by atoms with van der Waals surface area (Å²) in [6.07, 6.45) is 4.98. The van der Waals surface area contributed by atoms with E-state index in [0.717, 1.165) is 17.9 Å². The van der Waals surface area contributed by atoms with E-state index in [9.17, 15) is 4.79 Å². The Morgan fingerprint density at radius 2 is 1.84 bits per heavy atom. The second-order valence-electron chi connectivity index (χ2n) is 5.29. The van der Waals surface area contributed by atoms with Crippen LogP contribution in [-0.4, -0.2) is 18.5 Å². The molecule has 4 nitrogen and oxygen atoms in total. The first-order valence-electron chi connectivity index (χ1n) is 7.03. The molecule has 0 saturated heterocycles. The Morgan fingerprint density at radius 3 is 2.47 bits per heavy atom. The Morgan fingerprint density at radius 1 is 1.21 bits per heavy atom. The van der Waals surface area contributed by atoms with Crippen molar-refractivity contribution in [1.29, 1.82) is 0 Å². The van der Waals surface area contributed by atoms with Gasteiger partial charge in [0.25, 0.3) is 0 Å². The SMILES string of the molecule is CC(=O)Nc1ccc(NC2CCCCC2CN)cc1. The average Bonchev–Trinajstić information content (AvgIpc) is 2.41. The Labute approximate surface area is 114 Å². The molecule has 4 N–H and O–H groups in total. The van der Waals surface area contributed by atoms with Crippen LogP contribution in [-0.2, 0) is 4.79 Å². The molecule has 1 amide bonds. The molecule has 4 heteroatoms. The first kappa shape index (κ1) is 13.9. The van der Waals surface area contributed by atoms with Crippen molar-refractivity contribution in [2.75, 3.05) is 17.2 Å². The fourth-order valence-corrected chi connectivity index (χ4v) is 2.75. The summed E-state index contributed by atoms with van der Waals surface area (Å²) in [4.78, 5) is 11.0. The van der Waals surface area contributed by atoms with Crippen LogP contribution in [0.1, 0.15) is 32.6 Å². The van der Waals surface area contributed by atoms with Crippen LogP contribution in [0.3, 0.4) is 0 Å². The van der Waals surface area contributed by atoms with Gasteiger partial charge in [-0.3, -0.25) is 4.79 Å². The topological polar surface area (TPSA) is 67.2 Å². The minimum absolute atomic E-state index is 0.0452. The summed E-state index contributed by atoms with van der Waals surface area (Å²) in [6.45, 7) is 2.27. The lowest BCUT2D eigenvalue weighted by molar-refractivity contribution is -0.114. The average molecular weight is 261 g/mol. The van der Waals surface area contributed by atoms with Crippen molar-refractivity contribution in [2.24, 2.45) is 11.7 Å². The van der Waals surface area contributed by atoms with E-state index < -0.39 is 0 Å². The zero-order chi connectivity index (χ0) is 13.7. The predicted octanol–water partition coefficient (Wildman–Crippen LogP) is 2.57. The van der Waals surface area contributed by atoms with E-state index in [1.807, 2.05) is 24.3 Å². The third-order valence-electron chi connectivity index (χ3n) is 3.77. The van der Waals surface area contributed by atoms with Crippen LogP contribution in [0, 0.1) is 5.92 Å². The van der Waals surface area contributed by atoms with Crippen molar-refractivity contribution < 1.29 is 4.79 Å². The van der Waals surface area contributed by atoms with E-state index >= 15 is 0 Å². The van der Waals surface area contributed by atoms with Crippen molar-refractivity contribution in [3.63, 3.8) is 0 Å². The van der Waals surface area contributed by atoms with Crippen LogP contribution in [0.2, 0.25) is 0 Å². The standard InChI is InChI=1S/C15H23N3O/c1-11(19)17-13-6-8-14(9-7-13)18-15-5-3-2-4-12(15)10-16/h6-9,12,15,18H,2-5,10,16H2,1H3,(H,17,19). The largest absolute Gasteiger partial charge is 0.382 e. The number of nitrogens with one attached hydrogen (secondary N) is 2. The van der Waals surface area contributed by atoms with Gasteiger partial charge in [0.1, 0.15) is 0 Å².